The van der Waals surface area contributed by atoms with Crippen molar-refractivity contribution in [2.75, 3.05) is 13.2 Å². The lowest BCUT2D eigenvalue weighted by Gasteiger charge is -2.10. The highest BCUT2D eigenvalue weighted by atomic mass is 127. The molecule has 0 aliphatic carbocycles. The van der Waals surface area contributed by atoms with Gasteiger partial charge in [0.1, 0.15) is 11.0 Å². The van der Waals surface area contributed by atoms with E-state index >= 15 is 0 Å². The number of hydrogen-bond acceptors (Lipinski definition) is 3. The molecular weight excluding hydrogens is 338 g/mol. The fourth-order valence-electron chi connectivity index (χ4n) is 1.28. The van der Waals surface area contributed by atoms with E-state index in [2.05, 4.69) is 46.4 Å². The first kappa shape index (κ1) is 14.1. The maximum Gasteiger partial charge on any atom is 0.146 e. The highest BCUT2D eigenvalue weighted by molar-refractivity contribution is 14.1. The van der Waals surface area contributed by atoms with Crippen LogP contribution in [-0.2, 0) is 11.2 Å². The number of nitrogens with zero attached hydrogens (tertiary/aromatic N) is 2. The third-order valence-corrected chi connectivity index (χ3v) is 3.76. The molecule has 0 aliphatic heterocycles. The zero-order chi connectivity index (χ0) is 12.1. The van der Waals surface area contributed by atoms with Gasteiger partial charge in [-0.1, -0.05) is 25.4 Å². The Labute approximate surface area is 115 Å². The molecule has 0 fully saturated rings. The molecule has 5 heteroatoms. The van der Waals surface area contributed by atoms with E-state index in [-0.39, 0.29) is 0 Å². The largest absolute Gasteiger partial charge is 0.381 e. The molecule has 0 saturated carbocycles. The molecule has 0 N–H and O–H groups in total. The maximum atomic E-state index is 6.08. The van der Waals surface area contributed by atoms with Gasteiger partial charge < -0.3 is 4.74 Å². The van der Waals surface area contributed by atoms with Crippen LogP contribution in [0.15, 0.2) is 0 Å². The molecule has 1 aromatic heterocycles. The van der Waals surface area contributed by atoms with Crippen LogP contribution in [-0.4, -0.2) is 23.2 Å². The summed E-state index contributed by atoms with van der Waals surface area (Å²) in [5.74, 6) is 1.13. The van der Waals surface area contributed by atoms with Gasteiger partial charge in [-0.2, -0.15) is 0 Å². The van der Waals surface area contributed by atoms with E-state index in [1.807, 2.05) is 6.92 Å². The van der Waals surface area contributed by atoms with Gasteiger partial charge in [0.2, 0.25) is 0 Å². The monoisotopic (exact) mass is 354 g/mol. The van der Waals surface area contributed by atoms with E-state index in [1.165, 1.54) is 0 Å². The Balaban J connectivity index is 2.86. The standard InChI is InChI=1S/C11H16ClIN2O/c1-4-16-6-5-8-14-10(7(2)3)9(13)11(12)15-8/h7H,4-6H2,1-3H3. The Morgan fingerprint density at radius 1 is 1.38 bits per heavy atom. The normalized spacial score (nSPS) is 11.1. The Morgan fingerprint density at radius 3 is 2.62 bits per heavy atom. The molecule has 1 heterocycles. The lowest BCUT2D eigenvalue weighted by Crippen LogP contribution is -2.08. The third-order valence-electron chi connectivity index (χ3n) is 2.10. The molecule has 0 unspecified atom stereocenters. The van der Waals surface area contributed by atoms with E-state index in [9.17, 15) is 0 Å². The minimum atomic E-state index is 0.359. The Bertz CT molecular complexity index is 358. The van der Waals surface area contributed by atoms with Crippen molar-refractivity contribution in [2.24, 2.45) is 0 Å². The van der Waals surface area contributed by atoms with Crippen LogP contribution in [0.5, 0.6) is 0 Å². The predicted molar refractivity (Wildman–Crippen MR) is 74.0 cm³/mol. The second-order valence-corrected chi connectivity index (χ2v) is 5.17. The zero-order valence-electron chi connectivity index (χ0n) is 9.76. The topological polar surface area (TPSA) is 35.0 Å². The van der Waals surface area contributed by atoms with Gasteiger partial charge in [-0.05, 0) is 35.4 Å². The Morgan fingerprint density at radius 2 is 2.06 bits per heavy atom. The van der Waals surface area contributed by atoms with Crippen LogP contribution < -0.4 is 0 Å². The van der Waals surface area contributed by atoms with Crippen LogP contribution in [0, 0.1) is 3.57 Å². The third kappa shape index (κ3) is 3.82. The molecule has 16 heavy (non-hydrogen) atoms. The van der Waals surface area contributed by atoms with E-state index < -0.39 is 0 Å². The molecular formula is C11H16ClIN2O. The summed E-state index contributed by atoms with van der Waals surface area (Å²) in [7, 11) is 0. The predicted octanol–water partition coefficient (Wildman–Crippen LogP) is 3.44. The van der Waals surface area contributed by atoms with Crippen molar-refractivity contribution >= 4 is 34.2 Å². The Kier molecular flexibility index (Phi) is 5.92. The van der Waals surface area contributed by atoms with E-state index in [0.29, 0.717) is 24.1 Å². The van der Waals surface area contributed by atoms with Crippen molar-refractivity contribution in [2.45, 2.75) is 33.1 Å². The van der Waals surface area contributed by atoms with Crippen molar-refractivity contribution in [1.82, 2.24) is 9.97 Å². The average molecular weight is 355 g/mol. The highest BCUT2D eigenvalue weighted by Crippen LogP contribution is 2.24. The van der Waals surface area contributed by atoms with Gasteiger partial charge in [-0.15, -0.1) is 0 Å². The van der Waals surface area contributed by atoms with Gasteiger partial charge in [0.05, 0.1) is 15.9 Å². The summed E-state index contributed by atoms with van der Waals surface area (Å²) in [6.45, 7) is 7.54. The first-order valence-corrected chi connectivity index (χ1v) is 6.81. The van der Waals surface area contributed by atoms with Crippen molar-refractivity contribution in [1.29, 1.82) is 0 Å². The van der Waals surface area contributed by atoms with Crippen LogP contribution in [0.3, 0.4) is 0 Å². The molecule has 1 aromatic rings. The quantitative estimate of drug-likeness (QED) is 0.461. The lowest BCUT2D eigenvalue weighted by molar-refractivity contribution is 0.149. The molecule has 0 atom stereocenters. The summed E-state index contributed by atoms with van der Waals surface area (Å²) in [6.07, 6.45) is 0.713. The van der Waals surface area contributed by atoms with Gasteiger partial charge in [-0.3, -0.25) is 0 Å². The van der Waals surface area contributed by atoms with Crippen molar-refractivity contribution in [3.63, 3.8) is 0 Å². The summed E-state index contributed by atoms with van der Waals surface area (Å²) < 4.78 is 6.24. The van der Waals surface area contributed by atoms with E-state index in [4.69, 9.17) is 16.3 Å². The van der Waals surface area contributed by atoms with Crippen LogP contribution >= 0.6 is 34.2 Å². The summed E-state index contributed by atoms with van der Waals surface area (Å²) in [5, 5.41) is 0.547. The fourth-order valence-corrected chi connectivity index (χ4v) is 2.34. The summed E-state index contributed by atoms with van der Waals surface area (Å²) in [5.41, 5.74) is 1.02. The molecule has 0 saturated heterocycles. The van der Waals surface area contributed by atoms with Gasteiger partial charge in [-0.25, -0.2) is 9.97 Å². The maximum absolute atomic E-state index is 6.08. The SMILES string of the molecule is CCOCCc1nc(Cl)c(I)c(C(C)C)n1. The number of aromatic nitrogens is 2. The first-order chi connectivity index (χ1) is 7.56. The molecule has 0 spiro atoms. The summed E-state index contributed by atoms with van der Waals surface area (Å²) in [4.78, 5) is 8.78. The van der Waals surface area contributed by atoms with E-state index in [1.54, 1.807) is 0 Å². The molecule has 1 rings (SSSR count). The molecule has 3 nitrogen and oxygen atoms in total. The van der Waals surface area contributed by atoms with Crippen molar-refractivity contribution < 1.29 is 4.74 Å². The summed E-state index contributed by atoms with van der Waals surface area (Å²) in [6, 6.07) is 0. The highest BCUT2D eigenvalue weighted by Gasteiger charge is 2.13. The average Bonchev–Trinajstić information content (AvgIpc) is 2.23. The molecule has 0 amide bonds. The van der Waals surface area contributed by atoms with Gasteiger partial charge in [0, 0.05) is 13.0 Å². The molecule has 0 radical (unpaired) electrons. The number of hydrogen-bond donors (Lipinski definition) is 0. The van der Waals surface area contributed by atoms with Crippen molar-refractivity contribution in [3.05, 3.63) is 20.2 Å². The molecule has 0 aliphatic rings. The molecule has 0 aromatic carbocycles. The second kappa shape index (κ2) is 6.71. The Hall–Kier alpha value is 0.0600. The smallest absolute Gasteiger partial charge is 0.146 e. The minimum Gasteiger partial charge on any atom is -0.381 e. The van der Waals surface area contributed by atoms with Gasteiger partial charge in [0.15, 0.2) is 0 Å². The fraction of sp³-hybridized carbons (Fsp3) is 0.636. The van der Waals surface area contributed by atoms with Crippen LogP contribution in [0.2, 0.25) is 5.15 Å². The summed E-state index contributed by atoms with van der Waals surface area (Å²) >= 11 is 8.27. The number of rotatable bonds is 5. The van der Waals surface area contributed by atoms with E-state index in [0.717, 1.165) is 21.7 Å². The van der Waals surface area contributed by atoms with Crippen LogP contribution in [0.1, 0.15) is 38.2 Å². The zero-order valence-corrected chi connectivity index (χ0v) is 12.7. The van der Waals surface area contributed by atoms with Gasteiger partial charge >= 0.3 is 0 Å². The first-order valence-electron chi connectivity index (χ1n) is 5.35. The van der Waals surface area contributed by atoms with Crippen LogP contribution in [0.4, 0.5) is 0 Å². The number of halogens is 2. The van der Waals surface area contributed by atoms with Crippen LogP contribution in [0.25, 0.3) is 0 Å². The molecule has 90 valence electrons. The minimum absolute atomic E-state index is 0.359. The second-order valence-electron chi connectivity index (χ2n) is 3.73. The lowest BCUT2D eigenvalue weighted by atomic mass is 10.1. The number of ether oxygens (including phenoxy) is 1. The molecule has 0 bridgehead atoms. The van der Waals surface area contributed by atoms with Gasteiger partial charge in [0.25, 0.3) is 0 Å². The van der Waals surface area contributed by atoms with Crippen molar-refractivity contribution in [3.8, 4) is 0 Å².